The maximum absolute atomic E-state index is 11.1. The van der Waals surface area contributed by atoms with Crippen molar-refractivity contribution < 1.29 is 0 Å². The third-order valence-electron chi connectivity index (χ3n) is 13.6. The Morgan fingerprint density at radius 2 is 0.688 bits per heavy atom. The summed E-state index contributed by atoms with van der Waals surface area (Å²) in [6.45, 7) is 0. The standard InChI is InChI=1S/C67H36N10/c68-37-42-21-25-53(51(29-42)40-71)49-23-27-63-55(33-49)56-34-50(54-26-22-43(38-69)30-52(54)41-72)24-28-64(56)77(63)65-57(62-36-61(47-17-9-3-10-18-47)73-66(76-62)48-19-11-4-12-20-48)31-44(39-70)32-58(65)67-74-59(45-13-5-1-6-14-45)35-60(75-67)46-15-7-2-8-16-46/h1-36H. The molecule has 0 aliphatic rings. The quantitative estimate of drug-likeness (QED) is 0.136. The van der Waals surface area contributed by atoms with Crippen molar-refractivity contribution in [3.8, 4) is 126 Å². The van der Waals surface area contributed by atoms with E-state index < -0.39 is 0 Å². The van der Waals surface area contributed by atoms with Crippen LogP contribution in [-0.2, 0) is 0 Å². The Kier molecular flexibility index (Phi) is 11.9. The molecule has 0 atom stereocenters. The molecule has 0 aliphatic heterocycles. The van der Waals surface area contributed by atoms with E-state index in [-0.39, 0.29) is 0 Å². The Morgan fingerprint density at radius 1 is 0.286 bits per heavy atom. The first kappa shape index (κ1) is 46.5. The van der Waals surface area contributed by atoms with Crippen LogP contribution < -0.4 is 0 Å². The summed E-state index contributed by atoms with van der Waals surface area (Å²) in [6.07, 6.45) is 0. The summed E-state index contributed by atoms with van der Waals surface area (Å²) < 4.78 is 2.16. The molecule has 12 aromatic rings. The van der Waals surface area contributed by atoms with Gasteiger partial charge in [0.05, 0.1) is 97.7 Å². The molecule has 10 heteroatoms. The number of fused-ring (bicyclic) bond motifs is 3. The lowest BCUT2D eigenvalue weighted by molar-refractivity contribution is 1.13. The van der Waals surface area contributed by atoms with Crippen LogP contribution in [0.1, 0.15) is 27.8 Å². The molecule has 77 heavy (non-hydrogen) atoms. The van der Waals surface area contributed by atoms with Crippen LogP contribution >= 0.6 is 0 Å². The van der Waals surface area contributed by atoms with E-state index in [0.29, 0.717) is 90.2 Å². The first-order chi connectivity index (χ1) is 37.9. The monoisotopic (exact) mass is 980 g/mol. The number of benzene rings is 9. The van der Waals surface area contributed by atoms with Crippen molar-refractivity contribution in [1.82, 2.24) is 24.5 Å². The summed E-state index contributed by atoms with van der Waals surface area (Å²) >= 11 is 0. The molecule has 0 spiro atoms. The smallest absolute Gasteiger partial charge is 0.162 e. The normalized spacial score (nSPS) is 10.8. The van der Waals surface area contributed by atoms with Crippen molar-refractivity contribution in [2.45, 2.75) is 0 Å². The lowest BCUT2D eigenvalue weighted by Crippen LogP contribution is -2.06. The van der Waals surface area contributed by atoms with E-state index in [2.05, 4.69) is 34.9 Å². The van der Waals surface area contributed by atoms with Gasteiger partial charge in [-0.25, -0.2) is 19.9 Å². The van der Waals surface area contributed by atoms with E-state index in [9.17, 15) is 26.3 Å². The summed E-state index contributed by atoms with van der Waals surface area (Å²) in [5.41, 5.74) is 13.8. The van der Waals surface area contributed by atoms with Crippen LogP contribution in [0.25, 0.3) is 118 Å². The molecule has 0 unspecified atom stereocenters. The highest BCUT2D eigenvalue weighted by Gasteiger charge is 2.26. The zero-order valence-electron chi connectivity index (χ0n) is 40.8. The zero-order valence-corrected chi connectivity index (χ0v) is 40.8. The van der Waals surface area contributed by atoms with Gasteiger partial charge in [0.1, 0.15) is 0 Å². The number of nitrogens with zero attached hydrogens (tertiary/aromatic N) is 10. The van der Waals surface area contributed by atoms with Crippen molar-refractivity contribution in [3.05, 3.63) is 246 Å². The number of hydrogen-bond acceptors (Lipinski definition) is 9. The lowest BCUT2D eigenvalue weighted by atomic mass is 9.95. The average molecular weight is 981 g/mol. The highest BCUT2D eigenvalue weighted by molar-refractivity contribution is 6.13. The molecule has 9 aromatic carbocycles. The fraction of sp³-hybridized carbons (Fsp3) is 0. The van der Waals surface area contributed by atoms with Crippen molar-refractivity contribution >= 4 is 21.8 Å². The Labute approximate surface area is 442 Å². The van der Waals surface area contributed by atoms with Gasteiger partial charge >= 0.3 is 0 Å². The molecule has 3 aromatic heterocycles. The minimum atomic E-state index is 0.342. The second-order valence-corrected chi connectivity index (χ2v) is 18.2. The van der Waals surface area contributed by atoms with Gasteiger partial charge in [0.2, 0.25) is 0 Å². The Hall–Kier alpha value is -11.6. The summed E-state index contributed by atoms with van der Waals surface area (Å²) in [5.74, 6) is 0.836. The molecule has 10 nitrogen and oxygen atoms in total. The van der Waals surface area contributed by atoms with Crippen molar-refractivity contribution in [2.75, 3.05) is 0 Å². The maximum Gasteiger partial charge on any atom is 0.162 e. The van der Waals surface area contributed by atoms with Crippen molar-refractivity contribution in [2.24, 2.45) is 0 Å². The third kappa shape index (κ3) is 8.63. The van der Waals surface area contributed by atoms with Crippen molar-refractivity contribution in [1.29, 1.82) is 26.3 Å². The Bertz CT molecular complexity index is 4160. The molecule has 0 amide bonds. The molecule has 3 heterocycles. The molecule has 354 valence electrons. The van der Waals surface area contributed by atoms with Gasteiger partial charge in [-0.2, -0.15) is 26.3 Å². The molecular formula is C67H36N10. The molecule has 0 aliphatic carbocycles. The number of nitriles is 5. The van der Waals surface area contributed by atoms with Gasteiger partial charge in [0, 0.05) is 44.2 Å². The van der Waals surface area contributed by atoms with Gasteiger partial charge in [0.15, 0.2) is 11.6 Å². The van der Waals surface area contributed by atoms with Gasteiger partial charge in [-0.15, -0.1) is 0 Å². The summed E-state index contributed by atoms with van der Waals surface area (Å²) in [6, 6.07) is 80.8. The first-order valence-electron chi connectivity index (χ1n) is 24.5. The fourth-order valence-electron chi connectivity index (χ4n) is 9.96. The Balaban J connectivity index is 1.24. The second-order valence-electron chi connectivity index (χ2n) is 18.2. The minimum Gasteiger partial charge on any atom is -0.308 e. The number of rotatable bonds is 9. The molecular weight excluding hydrogens is 945 g/mol. The van der Waals surface area contributed by atoms with Gasteiger partial charge in [-0.1, -0.05) is 146 Å². The average Bonchev–Trinajstić information content (AvgIpc) is 3.83. The van der Waals surface area contributed by atoms with Gasteiger partial charge < -0.3 is 4.57 Å². The molecule has 0 fully saturated rings. The zero-order chi connectivity index (χ0) is 52.4. The second kappa shape index (κ2) is 19.8. The predicted molar refractivity (Wildman–Crippen MR) is 299 cm³/mol. The highest BCUT2D eigenvalue weighted by atomic mass is 15.0. The third-order valence-corrected chi connectivity index (χ3v) is 13.6. The number of aromatic nitrogens is 5. The van der Waals surface area contributed by atoms with Gasteiger partial charge in [-0.3, -0.25) is 0 Å². The SMILES string of the molecule is N#Cc1ccc(-c2ccc3c(c2)c2cc(-c4ccc(C#N)cc4C#N)ccc2n3-c2c(-c3cc(-c4ccccc4)nc(-c4ccccc4)n3)cc(C#N)cc2-c2nc(-c3ccccc3)cc(-c3ccccc3)n2)c(C#N)c1. The molecule has 0 bridgehead atoms. The molecule has 0 N–H and O–H groups in total. The maximum atomic E-state index is 11.1. The summed E-state index contributed by atoms with van der Waals surface area (Å²) in [5, 5.41) is 53.1. The summed E-state index contributed by atoms with van der Waals surface area (Å²) in [7, 11) is 0. The van der Waals surface area contributed by atoms with Crippen LogP contribution in [-0.4, -0.2) is 24.5 Å². The van der Waals surface area contributed by atoms with Crippen LogP contribution in [0.2, 0.25) is 0 Å². The Morgan fingerprint density at radius 3 is 1.13 bits per heavy atom. The molecule has 12 rings (SSSR count). The molecule has 0 saturated heterocycles. The largest absolute Gasteiger partial charge is 0.308 e. The van der Waals surface area contributed by atoms with E-state index in [4.69, 9.17) is 19.9 Å². The predicted octanol–water partition coefficient (Wildman–Crippen LogP) is 15.1. The number of hydrogen-bond donors (Lipinski definition) is 0. The topological polar surface area (TPSA) is 175 Å². The summed E-state index contributed by atoms with van der Waals surface area (Å²) in [4.78, 5) is 21.2. The lowest BCUT2D eigenvalue weighted by Gasteiger charge is -2.20. The minimum absolute atomic E-state index is 0.342. The van der Waals surface area contributed by atoms with Crippen LogP contribution in [0.15, 0.2) is 218 Å². The van der Waals surface area contributed by atoms with Crippen molar-refractivity contribution in [3.63, 3.8) is 0 Å². The van der Waals surface area contributed by atoms with Crippen LogP contribution in [0, 0.1) is 56.7 Å². The van der Waals surface area contributed by atoms with Crippen LogP contribution in [0.5, 0.6) is 0 Å². The van der Waals surface area contributed by atoms with E-state index in [0.717, 1.165) is 55.2 Å². The van der Waals surface area contributed by atoms with E-state index in [1.165, 1.54) is 0 Å². The van der Waals surface area contributed by atoms with Gasteiger partial charge in [-0.05, 0) is 95.1 Å². The van der Waals surface area contributed by atoms with E-state index >= 15 is 0 Å². The van der Waals surface area contributed by atoms with Crippen LogP contribution in [0.4, 0.5) is 0 Å². The van der Waals surface area contributed by atoms with Gasteiger partial charge in [0.25, 0.3) is 0 Å². The fourth-order valence-corrected chi connectivity index (χ4v) is 9.96. The highest BCUT2D eigenvalue weighted by Crippen LogP contribution is 2.45. The van der Waals surface area contributed by atoms with Crippen LogP contribution in [0.3, 0.4) is 0 Å². The molecule has 0 radical (unpaired) electrons. The first-order valence-corrected chi connectivity index (χ1v) is 24.5. The van der Waals surface area contributed by atoms with E-state index in [1.807, 2.05) is 182 Å². The molecule has 0 saturated carbocycles. The van der Waals surface area contributed by atoms with E-state index in [1.54, 1.807) is 36.4 Å².